The van der Waals surface area contributed by atoms with E-state index in [4.69, 9.17) is 0 Å². The van der Waals surface area contributed by atoms with Gasteiger partial charge in [0.25, 0.3) is 0 Å². The average Bonchev–Trinajstić information content (AvgIpc) is 2.16. The van der Waals surface area contributed by atoms with Crippen molar-refractivity contribution in [3.63, 3.8) is 0 Å². The fourth-order valence-corrected chi connectivity index (χ4v) is 1.20. The number of carbonyl (C=O) groups excluding carboxylic acids is 1. The number of isocyanates is 1. The molecule has 1 rings (SSSR count). The molecule has 0 N–H and O–H groups in total. The molecule has 0 bridgehead atoms. The molecule has 0 atom stereocenters. The van der Waals surface area contributed by atoms with Gasteiger partial charge in [-0.1, -0.05) is 13.0 Å². The fourth-order valence-electron chi connectivity index (χ4n) is 1.20. The van der Waals surface area contributed by atoms with Crippen molar-refractivity contribution in [3.05, 3.63) is 35.1 Å². The SMILES string of the molecule is CCc1cc(F)ccc1CN=C=O. The first-order valence-corrected chi connectivity index (χ1v) is 4.09. The molecule has 0 saturated heterocycles. The van der Waals surface area contributed by atoms with E-state index in [1.807, 2.05) is 6.92 Å². The molecule has 0 aliphatic carbocycles. The van der Waals surface area contributed by atoms with Crippen LogP contribution in [0.1, 0.15) is 18.1 Å². The summed E-state index contributed by atoms with van der Waals surface area (Å²) in [6, 6.07) is 4.49. The van der Waals surface area contributed by atoms with Gasteiger partial charge in [0.15, 0.2) is 0 Å². The van der Waals surface area contributed by atoms with E-state index >= 15 is 0 Å². The third-order valence-electron chi connectivity index (χ3n) is 1.86. The van der Waals surface area contributed by atoms with Crippen LogP contribution in [0.15, 0.2) is 23.2 Å². The molecule has 0 saturated carbocycles. The Balaban J connectivity index is 2.98. The summed E-state index contributed by atoms with van der Waals surface area (Å²) in [6.07, 6.45) is 2.20. The van der Waals surface area contributed by atoms with E-state index in [1.54, 1.807) is 6.07 Å². The van der Waals surface area contributed by atoms with Crippen LogP contribution in [-0.2, 0) is 17.8 Å². The molecule has 0 heterocycles. The summed E-state index contributed by atoms with van der Waals surface area (Å²) >= 11 is 0. The van der Waals surface area contributed by atoms with Gasteiger partial charge in [0.05, 0.1) is 6.54 Å². The summed E-state index contributed by atoms with van der Waals surface area (Å²) in [4.78, 5) is 13.3. The predicted molar refractivity (Wildman–Crippen MR) is 47.6 cm³/mol. The minimum Gasteiger partial charge on any atom is -0.211 e. The molecular weight excluding hydrogens is 169 g/mol. The zero-order valence-electron chi connectivity index (χ0n) is 7.38. The van der Waals surface area contributed by atoms with Crippen LogP contribution in [0.4, 0.5) is 4.39 Å². The Morgan fingerprint density at radius 1 is 1.46 bits per heavy atom. The number of rotatable bonds is 3. The third-order valence-corrected chi connectivity index (χ3v) is 1.86. The molecule has 0 radical (unpaired) electrons. The van der Waals surface area contributed by atoms with Crippen molar-refractivity contribution in [3.8, 4) is 0 Å². The molecule has 3 heteroatoms. The summed E-state index contributed by atoms with van der Waals surface area (Å²) in [5.41, 5.74) is 1.77. The summed E-state index contributed by atoms with van der Waals surface area (Å²) < 4.78 is 12.7. The molecule has 13 heavy (non-hydrogen) atoms. The second-order valence-corrected chi connectivity index (χ2v) is 2.67. The van der Waals surface area contributed by atoms with Crippen molar-refractivity contribution < 1.29 is 9.18 Å². The van der Waals surface area contributed by atoms with E-state index in [-0.39, 0.29) is 12.4 Å². The standard InChI is InChI=1S/C10H10FNO/c1-2-8-5-10(11)4-3-9(8)6-12-7-13/h3-5H,2,6H2,1H3. The Labute approximate surface area is 76.1 Å². The normalized spacial score (nSPS) is 9.38. The van der Waals surface area contributed by atoms with E-state index < -0.39 is 0 Å². The second kappa shape index (κ2) is 4.53. The fraction of sp³-hybridized carbons (Fsp3) is 0.300. The molecular formula is C10H10FNO. The maximum absolute atomic E-state index is 12.7. The molecule has 0 unspecified atom stereocenters. The summed E-state index contributed by atoms with van der Waals surface area (Å²) in [5.74, 6) is -0.254. The van der Waals surface area contributed by atoms with Crippen LogP contribution >= 0.6 is 0 Å². The molecule has 0 aliphatic heterocycles. The molecule has 0 aliphatic rings. The number of nitrogens with zero attached hydrogens (tertiary/aromatic N) is 1. The number of benzene rings is 1. The lowest BCUT2D eigenvalue weighted by atomic mass is 10.1. The van der Waals surface area contributed by atoms with Gasteiger partial charge in [-0.25, -0.2) is 14.2 Å². The molecule has 0 spiro atoms. The average molecular weight is 179 g/mol. The Morgan fingerprint density at radius 2 is 2.23 bits per heavy atom. The monoisotopic (exact) mass is 179 g/mol. The van der Waals surface area contributed by atoms with E-state index in [0.717, 1.165) is 17.5 Å². The zero-order valence-corrected chi connectivity index (χ0v) is 7.38. The highest BCUT2D eigenvalue weighted by atomic mass is 19.1. The predicted octanol–water partition coefficient (Wildman–Crippen LogP) is 2.22. The third kappa shape index (κ3) is 2.49. The van der Waals surface area contributed by atoms with Gasteiger partial charge in [-0.15, -0.1) is 0 Å². The molecule has 68 valence electrons. The summed E-state index contributed by atoms with van der Waals surface area (Å²) in [6.45, 7) is 2.22. The van der Waals surface area contributed by atoms with Gasteiger partial charge < -0.3 is 0 Å². The zero-order chi connectivity index (χ0) is 9.68. The lowest BCUT2D eigenvalue weighted by Gasteiger charge is -2.03. The highest BCUT2D eigenvalue weighted by Gasteiger charge is 2.00. The van der Waals surface area contributed by atoms with E-state index in [1.165, 1.54) is 18.2 Å². The lowest BCUT2D eigenvalue weighted by molar-refractivity contribution is 0.562. The lowest BCUT2D eigenvalue weighted by Crippen LogP contribution is -1.92. The molecule has 0 fully saturated rings. The Bertz CT molecular complexity index is 343. The highest BCUT2D eigenvalue weighted by molar-refractivity contribution is 5.35. The second-order valence-electron chi connectivity index (χ2n) is 2.67. The highest BCUT2D eigenvalue weighted by Crippen LogP contribution is 2.12. The van der Waals surface area contributed by atoms with E-state index in [9.17, 15) is 9.18 Å². The first kappa shape index (κ1) is 9.62. The minimum absolute atomic E-state index is 0.254. The van der Waals surface area contributed by atoms with Crippen molar-refractivity contribution in [2.24, 2.45) is 4.99 Å². The van der Waals surface area contributed by atoms with E-state index in [0.29, 0.717) is 0 Å². The minimum atomic E-state index is -0.254. The quantitative estimate of drug-likeness (QED) is 0.516. The van der Waals surface area contributed by atoms with Crippen LogP contribution in [-0.4, -0.2) is 6.08 Å². The van der Waals surface area contributed by atoms with Crippen molar-refractivity contribution in [1.29, 1.82) is 0 Å². The molecule has 0 aromatic heterocycles. The Morgan fingerprint density at radius 3 is 2.85 bits per heavy atom. The van der Waals surface area contributed by atoms with Crippen LogP contribution in [0, 0.1) is 5.82 Å². The first-order valence-electron chi connectivity index (χ1n) is 4.09. The maximum atomic E-state index is 12.7. The maximum Gasteiger partial charge on any atom is 0.235 e. The van der Waals surface area contributed by atoms with Crippen LogP contribution in [0.5, 0.6) is 0 Å². The number of aryl methyl sites for hydroxylation is 1. The molecule has 1 aromatic carbocycles. The van der Waals surface area contributed by atoms with Crippen LogP contribution in [0.3, 0.4) is 0 Å². The van der Waals surface area contributed by atoms with Crippen molar-refractivity contribution in [2.45, 2.75) is 19.9 Å². The van der Waals surface area contributed by atoms with E-state index in [2.05, 4.69) is 4.99 Å². The summed E-state index contributed by atoms with van der Waals surface area (Å²) in [7, 11) is 0. The van der Waals surface area contributed by atoms with Gasteiger partial charge in [0, 0.05) is 0 Å². The number of aliphatic imine (C=N–C) groups is 1. The van der Waals surface area contributed by atoms with Crippen molar-refractivity contribution in [1.82, 2.24) is 0 Å². The molecule has 0 amide bonds. The molecule has 2 nitrogen and oxygen atoms in total. The Hall–Kier alpha value is -1.47. The number of hydrogen-bond acceptors (Lipinski definition) is 2. The van der Waals surface area contributed by atoms with Crippen LogP contribution in [0.2, 0.25) is 0 Å². The van der Waals surface area contributed by atoms with Gasteiger partial charge in [0.2, 0.25) is 6.08 Å². The topological polar surface area (TPSA) is 29.4 Å². The van der Waals surface area contributed by atoms with Gasteiger partial charge >= 0.3 is 0 Å². The van der Waals surface area contributed by atoms with Gasteiger partial charge in [-0.05, 0) is 29.7 Å². The largest absolute Gasteiger partial charge is 0.235 e. The number of hydrogen-bond donors (Lipinski definition) is 0. The van der Waals surface area contributed by atoms with Gasteiger partial charge in [-0.3, -0.25) is 0 Å². The first-order chi connectivity index (χ1) is 6.27. The molecule has 1 aromatic rings. The van der Waals surface area contributed by atoms with Crippen LogP contribution < -0.4 is 0 Å². The number of halogens is 1. The smallest absolute Gasteiger partial charge is 0.211 e. The van der Waals surface area contributed by atoms with Crippen LogP contribution in [0.25, 0.3) is 0 Å². The van der Waals surface area contributed by atoms with Gasteiger partial charge in [-0.2, -0.15) is 0 Å². The van der Waals surface area contributed by atoms with Crippen molar-refractivity contribution >= 4 is 6.08 Å². The van der Waals surface area contributed by atoms with Crippen molar-refractivity contribution in [2.75, 3.05) is 0 Å². The Kier molecular flexibility index (Phi) is 3.35. The van der Waals surface area contributed by atoms with Gasteiger partial charge in [0.1, 0.15) is 5.82 Å². The summed E-state index contributed by atoms with van der Waals surface area (Å²) in [5, 5.41) is 0.